The SMILES string of the molecule is CCCCCC(=O)N(Cc1cccc(OS(C)(=O)=O)c1)C(C)CC. The Morgan fingerprint density at radius 3 is 2.54 bits per heavy atom. The lowest BCUT2D eigenvalue weighted by Gasteiger charge is -2.29. The Labute approximate surface area is 146 Å². The summed E-state index contributed by atoms with van der Waals surface area (Å²) in [6, 6.07) is 7.03. The largest absolute Gasteiger partial charge is 0.383 e. The molecular weight excluding hydrogens is 326 g/mol. The summed E-state index contributed by atoms with van der Waals surface area (Å²) >= 11 is 0. The van der Waals surface area contributed by atoms with Crippen molar-refractivity contribution in [2.45, 2.75) is 65.5 Å². The van der Waals surface area contributed by atoms with Crippen LogP contribution < -0.4 is 4.18 Å². The fourth-order valence-corrected chi connectivity index (χ4v) is 2.90. The zero-order chi connectivity index (χ0) is 18.2. The average molecular weight is 356 g/mol. The van der Waals surface area contributed by atoms with Crippen molar-refractivity contribution in [3.63, 3.8) is 0 Å². The topological polar surface area (TPSA) is 63.7 Å². The van der Waals surface area contributed by atoms with Crippen LogP contribution in [0.4, 0.5) is 0 Å². The predicted octanol–water partition coefficient (Wildman–Crippen LogP) is 3.73. The molecule has 0 aliphatic rings. The molecule has 0 aliphatic heterocycles. The highest BCUT2D eigenvalue weighted by Gasteiger charge is 2.19. The van der Waals surface area contributed by atoms with Crippen molar-refractivity contribution in [3.05, 3.63) is 29.8 Å². The van der Waals surface area contributed by atoms with Crippen molar-refractivity contribution < 1.29 is 17.4 Å². The number of carbonyl (C=O) groups is 1. The first-order valence-electron chi connectivity index (χ1n) is 8.54. The monoisotopic (exact) mass is 355 g/mol. The first-order chi connectivity index (χ1) is 11.3. The zero-order valence-corrected chi connectivity index (χ0v) is 15.9. The molecule has 1 aromatic carbocycles. The van der Waals surface area contributed by atoms with E-state index < -0.39 is 10.1 Å². The first-order valence-corrected chi connectivity index (χ1v) is 10.4. The van der Waals surface area contributed by atoms with E-state index in [0.29, 0.717) is 13.0 Å². The van der Waals surface area contributed by atoms with E-state index in [-0.39, 0.29) is 17.7 Å². The number of hydrogen-bond acceptors (Lipinski definition) is 4. The third-order valence-electron chi connectivity index (χ3n) is 3.94. The van der Waals surface area contributed by atoms with Gasteiger partial charge in [0, 0.05) is 19.0 Å². The van der Waals surface area contributed by atoms with Gasteiger partial charge in [0.15, 0.2) is 0 Å². The second-order valence-electron chi connectivity index (χ2n) is 6.17. The van der Waals surface area contributed by atoms with E-state index in [1.54, 1.807) is 18.2 Å². The molecule has 1 unspecified atom stereocenters. The minimum Gasteiger partial charge on any atom is -0.383 e. The molecule has 1 aromatic rings. The number of carbonyl (C=O) groups excluding carboxylic acids is 1. The Morgan fingerprint density at radius 2 is 1.96 bits per heavy atom. The van der Waals surface area contributed by atoms with Gasteiger partial charge >= 0.3 is 10.1 Å². The van der Waals surface area contributed by atoms with Crippen LogP contribution in [0.3, 0.4) is 0 Å². The van der Waals surface area contributed by atoms with Gasteiger partial charge in [-0.15, -0.1) is 0 Å². The van der Waals surface area contributed by atoms with E-state index in [9.17, 15) is 13.2 Å². The molecule has 0 radical (unpaired) electrons. The van der Waals surface area contributed by atoms with Crippen molar-refractivity contribution in [2.24, 2.45) is 0 Å². The Morgan fingerprint density at radius 1 is 1.25 bits per heavy atom. The van der Waals surface area contributed by atoms with Crippen LogP contribution in [0, 0.1) is 0 Å². The summed E-state index contributed by atoms with van der Waals surface area (Å²) in [7, 11) is -3.56. The van der Waals surface area contributed by atoms with Crippen LogP contribution in [0.25, 0.3) is 0 Å². The smallest absolute Gasteiger partial charge is 0.306 e. The molecule has 0 saturated heterocycles. The number of hydrogen-bond donors (Lipinski definition) is 0. The molecule has 0 heterocycles. The maximum Gasteiger partial charge on any atom is 0.306 e. The van der Waals surface area contributed by atoms with E-state index in [1.807, 2.05) is 17.9 Å². The Balaban J connectivity index is 2.86. The summed E-state index contributed by atoms with van der Waals surface area (Å²) in [5.41, 5.74) is 0.861. The first kappa shape index (κ1) is 20.5. The molecule has 136 valence electrons. The minimum atomic E-state index is -3.56. The van der Waals surface area contributed by atoms with Crippen molar-refractivity contribution >= 4 is 16.0 Å². The van der Waals surface area contributed by atoms with Gasteiger partial charge in [-0.1, -0.05) is 38.8 Å². The van der Waals surface area contributed by atoms with E-state index >= 15 is 0 Å². The summed E-state index contributed by atoms with van der Waals surface area (Å²) in [6.07, 6.45) is 5.48. The second kappa shape index (κ2) is 9.67. The van der Waals surface area contributed by atoms with E-state index in [1.165, 1.54) is 0 Å². The normalized spacial score (nSPS) is 12.7. The lowest BCUT2D eigenvalue weighted by atomic mass is 10.1. The van der Waals surface area contributed by atoms with Crippen LogP contribution in [0.5, 0.6) is 5.75 Å². The fraction of sp³-hybridized carbons (Fsp3) is 0.611. The number of nitrogens with zero attached hydrogens (tertiary/aromatic N) is 1. The molecule has 0 spiro atoms. The number of unbranched alkanes of at least 4 members (excludes halogenated alkanes) is 2. The second-order valence-corrected chi connectivity index (χ2v) is 7.75. The fourth-order valence-electron chi connectivity index (χ4n) is 2.45. The van der Waals surface area contributed by atoms with Gasteiger partial charge in [0.05, 0.1) is 6.26 Å². The Bertz CT molecular complexity index is 628. The lowest BCUT2D eigenvalue weighted by Crippen LogP contribution is -2.37. The molecule has 0 fully saturated rings. The van der Waals surface area contributed by atoms with Crippen LogP contribution in [0.2, 0.25) is 0 Å². The average Bonchev–Trinajstić information content (AvgIpc) is 2.50. The molecule has 1 rings (SSSR count). The molecule has 0 N–H and O–H groups in total. The highest BCUT2D eigenvalue weighted by Crippen LogP contribution is 2.19. The van der Waals surface area contributed by atoms with Crippen LogP contribution >= 0.6 is 0 Å². The highest BCUT2D eigenvalue weighted by molar-refractivity contribution is 7.86. The molecule has 1 amide bonds. The van der Waals surface area contributed by atoms with Gasteiger partial charge in [-0.05, 0) is 37.5 Å². The summed E-state index contributed by atoms with van der Waals surface area (Å²) < 4.78 is 27.4. The molecule has 0 aliphatic carbocycles. The number of rotatable bonds is 10. The lowest BCUT2D eigenvalue weighted by molar-refractivity contribution is -0.134. The van der Waals surface area contributed by atoms with E-state index in [4.69, 9.17) is 4.18 Å². The summed E-state index contributed by atoms with van der Waals surface area (Å²) in [5, 5.41) is 0. The number of benzene rings is 1. The van der Waals surface area contributed by atoms with Crippen molar-refractivity contribution in [3.8, 4) is 5.75 Å². The van der Waals surface area contributed by atoms with E-state index in [0.717, 1.165) is 37.5 Å². The van der Waals surface area contributed by atoms with Gasteiger partial charge in [0.2, 0.25) is 5.91 Å². The summed E-state index contributed by atoms with van der Waals surface area (Å²) in [4.78, 5) is 14.4. The maximum absolute atomic E-state index is 12.5. The molecule has 5 nitrogen and oxygen atoms in total. The van der Waals surface area contributed by atoms with Gasteiger partial charge in [0.25, 0.3) is 0 Å². The van der Waals surface area contributed by atoms with Gasteiger partial charge in [-0.2, -0.15) is 8.42 Å². The molecule has 6 heteroatoms. The summed E-state index contributed by atoms with van der Waals surface area (Å²) in [6.45, 7) is 6.67. The quantitative estimate of drug-likeness (QED) is 0.474. The number of amides is 1. The standard InChI is InChI=1S/C18H29NO4S/c1-5-7-8-12-18(20)19(15(3)6-2)14-16-10-9-11-17(13-16)23-24(4,21)22/h9-11,13,15H,5-8,12,14H2,1-4H3. The zero-order valence-electron chi connectivity index (χ0n) is 15.1. The van der Waals surface area contributed by atoms with Crippen LogP contribution in [0.1, 0.15) is 58.4 Å². The van der Waals surface area contributed by atoms with Gasteiger partial charge in [-0.3, -0.25) is 4.79 Å². The van der Waals surface area contributed by atoms with Crippen LogP contribution in [-0.4, -0.2) is 31.5 Å². The Hall–Kier alpha value is -1.56. The molecule has 24 heavy (non-hydrogen) atoms. The van der Waals surface area contributed by atoms with Crippen LogP contribution in [-0.2, 0) is 21.5 Å². The maximum atomic E-state index is 12.5. The summed E-state index contributed by atoms with van der Waals surface area (Å²) in [5.74, 6) is 0.421. The third kappa shape index (κ3) is 7.34. The predicted molar refractivity (Wildman–Crippen MR) is 96.4 cm³/mol. The highest BCUT2D eigenvalue weighted by atomic mass is 32.2. The van der Waals surface area contributed by atoms with Gasteiger partial charge in [-0.25, -0.2) is 0 Å². The molecular formula is C18H29NO4S. The van der Waals surface area contributed by atoms with Crippen molar-refractivity contribution in [2.75, 3.05) is 6.26 Å². The van der Waals surface area contributed by atoms with Crippen molar-refractivity contribution in [1.29, 1.82) is 0 Å². The molecule has 1 atom stereocenters. The molecule has 0 saturated carbocycles. The molecule has 0 bridgehead atoms. The third-order valence-corrected chi connectivity index (χ3v) is 4.43. The molecule has 0 aromatic heterocycles. The van der Waals surface area contributed by atoms with E-state index in [2.05, 4.69) is 13.8 Å². The van der Waals surface area contributed by atoms with Crippen molar-refractivity contribution in [1.82, 2.24) is 4.90 Å². The van der Waals surface area contributed by atoms with Gasteiger partial charge in [0.1, 0.15) is 5.75 Å². The Kier molecular flexibility index (Phi) is 8.25. The van der Waals surface area contributed by atoms with Gasteiger partial charge < -0.3 is 9.08 Å². The minimum absolute atomic E-state index is 0.138. The van der Waals surface area contributed by atoms with Crippen LogP contribution in [0.15, 0.2) is 24.3 Å².